The average Bonchev–Trinajstić information content (AvgIpc) is 3.34. The molecule has 0 radical (unpaired) electrons. The summed E-state index contributed by atoms with van der Waals surface area (Å²) >= 11 is 7.90. The highest BCUT2D eigenvalue weighted by Crippen LogP contribution is 2.35. The zero-order valence-corrected chi connectivity index (χ0v) is 21.3. The van der Waals surface area contributed by atoms with Gasteiger partial charge in [0, 0.05) is 26.2 Å². The molecule has 1 amide bonds. The molecule has 3 aromatic carbocycles. The van der Waals surface area contributed by atoms with Gasteiger partial charge in [-0.15, -0.1) is 0 Å². The summed E-state index contributed by atoms with van der Waals surface area (Å²) in [6.07, 6.45) is 0.838. The Morgan fingerprint density at radius 3 is 2.74 bits per heavy atom. The van der Waals surface area contributed by atoms with Crippen molar-refractivity contribution in [3.8, 4) is 5.75 Å². The Kier molecular flexibility index (Phi) is 7.48. The monoisotopic (exact) mass is 509 g/mol. The van der Waals surface area contributed by atoms with Gasteiger partial charge in [-0.1, -0.05) is 59.3 Å². The first kappa shape index (κ1) is 24.0. The molecule has 1 saturated heterocycles. The van der Waals surface area contributed by atoms with Gasteiger partial charge in [0.05, 0.1) is 28.5 Å². The Labute approximate surface area is 214 Å². The first-order valence-corrected chi connectivity index (χ1v) is 13.1. The standard InChI is InChI=1S/C27H28ClN3O3S/c1-19-7-10-23(28)26-25(19)29-27(35-26)31(12-4-11-30-13-15-33-16-14-30)24(32)18-34-22-9-8-20-5-2-3-6-21(20)17-22/h2-3,5-10,17H,4,11-16,18H2,1H3. The lowest BCUT2D eigenvalue weighted by Gasteiger charge is -2.27. The van der Waals surface area contributed by atoms with Crippen LogP contribution in [0.5, 0.6) is 5.75 Å². The lowest BCUT2D eigenvalue weighted by Crippen LogP contribution is -2.40. The largest absolute Gasteiger partial charge is 0.484 e. The third kappa shape index (κ3) is 5.59. The highest BCUT2D eigenvalue weighted by molar-refractivity contribution is 7.23. The van der Waals surface area contributed by atoms with Gasteiger partial charge in [0.15, 0.2) is 11.7 Å². The Morgan fingerprint density at radius 2 is 1.94 bits per heavy atom. The van der Waals surface area contributed by atoms with Gasteiger partial charge >= 0.3 is 0 Å². The molecule has 1 aliphatic heterocycles. The lowest BCUT2D eigenvalue weighted by molar-refractivity contribution is -0.120. The second kappa shape index (κ2) is 10.9. The summed E-state index contributed by atoms with van der Waals surface area (Å²) in [4.78, 5) is 22.3. The maximum Gasteiger partial charge on any atom is 0.266 e. The number of aryl methyl sites for hydroxylation is 1. The molecular formula is C27H28ClN3O3S. The average molecular weight is 510 g/mol. The number of aromatic nitrogens is 1. The van der Waals surface area contributed by atoms with Crippen LogP contribution in [0, 0.1) is 6.92 Å². The molecule has 0 unspecified atom stereocenters. The van der Waals surface area contributed by atoms with E-state index < -0.39 is 0 Å². The minimum Gasteiger partial charge on any atom is -0.484 e. The Bertz CT molecular complexity index is 1300. The van der Waals surface area contributed by atoms with Gasteiger partial charge in [0.1, 0.15) is 5.75 Å². The fourth-order valence-electron chi connectivity index (χ4n) is 4.29. The van der Waals surface area contributed by atoms with Crippen molar-refractivity contribution in [3.63, 3.8) is 0 Å². The normalized spacial score (nSPS) is 14.5. The molecule has 35 heavy (non-hydrogen) atoms. The molecule has 4 aromatic rings. The topological polar surface area (TPSA) is 54.9 Å². The smallest absolute Gasteiger partial charge is 0.266 e. The second-order valence-corrected chi connectivity index (χ2v) is 10.1. The van der Waals surface area contributed by atoms with E-state index in [0.717, 1.165) is 65.8 Å². The van der Waals surface area contributed by atoms with Crippen molar-refractivity contribution in [2.75, 3.05) is 50.9 Å². The number of anilines is 1. The predicted molar refractivity (Wildman–Crippen MR) is 143 cm³/mol. The van der Waals surface area contributed by atoms with Crippen LogP contribution in [0.25, 0.3) is 21.0 Å². The number of hydrogen-bond donors (Lipinski definition) is 0. The van der Waals surface area contributed by atoms with E-state index in [1.54, 1.807) is 4.90 Å². The van der Waals surface area contributed by atoms with Crippen LogP contribution in [-0.4, -0.2) is 61.8 Å². The zero-order chi connectivity index (χ0) is 24.2. The van der Waals surface area contributed by atoms with Gasteiger partial charge in [0.25, 0.3) is 5.91 Å². The van der Waals surface area contributed by atoms with Gasteiger partial charge in [-0.2, -0.15) is 0 Å². The first-order chi connectivity index (χ1) is 17.1. The third-order valence-corrected chi connectivity index (χ3v) is 7.80. The molecule has 0 aliphatic carbocycles. The fraction of sp³-hybridized carbons (Fsp3) is 0.333. The number of benzene rings is 3. The molecule has 1 aliphatic rings. The number of amides is 1. The number of nitrogens with zero attached hydrogens (tertiary/aromatic N) is 3. The number of rotatable bonds is 8. The van der Waals surface area contributed by atoms with E-state index in [2.05, 4.69) is 11.0 Å². The van der Waals surface area contributed by atoms with E-state index in [1.807, 2.05) is 55.5 Å². The molecule has 1 fully saturated rings. The van der Waals surface area contributed by atoms with E-state index in [1.165, 1.54) is 11.3 Å². The number of carbonyl (C=O) groups excluding carboxylic acids is 1. The van der Waals surface area contributed by atoms with Crippen LogP contribution >= 0.6 is 22.9 Å². The maximum atomic E-state index is 13.4. The van der Waals surface area contributed by atoms with Crippen LogP contribution in [0.3, 0.4) is 0 Å². The van der Waals surface area contributed by atoms with E-state index in [4.69, 9.17) is 26.1 Å². The van der Waals surface area contributed by atoms with Crippen LogP contribution in [-0.2, 0) is 9.53 Å². The van der Waals surface area contributed by atoms with Gasteiger partial charge in [-0.3, -0.25) is 14.6 Å². The second-order valence-electron chi connectivity index (χ2n) is 8.69. The number of morpholine rings is 1. The third-order valence-electron chi connectivity index (χ3n) is 6.26. The van der Waals surface area contributed by atoms with Crippen LogP contribution < -0.4 is 9.64 Å². The summed E-state index contributed by atoms with van der Waals surface area (Å²) in [5.74, 6) is 0.557. The van der Waals surface area contributed by atoms with Crippen LogP contribution in [0.1, 0.15) is 12.0 Å². The van der Waals surface area contributed by atoms with Crippen molar-refractivity contribution in [3.05, 3.63) is 65.2 Å². The van der Waals surface area contributed by atoms with Gasteiger partial charge in [-0.25, -0.2) is 4.98 Å². The number of ether oxygens (including phenoxy) is 2. The molecule has 6 nitrogen and oxygen atoms in total. The zero-order valence-electron chi connectivity index (χ0n) is 19.7. The molecule has 5 rings (SSSR count). The Balaban J connectivity index is 1.33. The number of thiazole rings is 1. The molecule has 1 aromatic heterocycles. The fourth-order valence-corrected chi connectivity index (χ4v) is 5.65. The van der Waals surface area contributed by atoms with E-state index in [0.29, 0.717) is 22.4 Å². The number of fused-ring (bicyclic) bond motifs is 2. The van der Waals surface area contributed by atoms with Crippen LogP contribution in [0.4, 0.5) is 5.13 Å². The summed E-state index contributed by atoms with van der Waals surface area (Å²) in [7, 11) is 0. The first-order valence-electron chi connectivity index (χ1n) is 11.9. The van der Waals surface area contributed by atoms with E-state index in [-0.39, 0.29) is 12.5 Å². The summed E-state index contributed by atoms with van der Waals surface area (Å²) in [5.41, 5.74) is 1.89. The SMILES string of the molecule is Cc1ccc(Cl)c2sc(N(CCCN3CCOCC3)C(=O)COc3ccc4ccccc4c3)nc12. The van der Waals surface area contributed by atoms with E-state index in [9.17, 15) is 4.79 Å². The highest BCUT2D eigenvalue weighted by Gasteiger charge is 2.22. The van der Waals surface area contributed by atoms with Crippen molar-refractivity contribution < 1.29 is 14.3 Å². The summed E-state index contributed by atoms with van der Waals surface area (Å²) in [5, 5.41) is 3.53. The summed E-state index contributed by atoms with van der Waals surface area (Å²) < 4.78 is 12.3. The number of halogens is 1. The minimum atomic E-state index is -0.118. The highest BCUT2D eigenvalue weighted by atomic mass is 35.5. The Hall–Kier alpha value is -2.71. The van der Waals surface area contributed by atoms with Crippen molar-refractivity contribution in [2.24, 2.45) is 0 Å². The molecular weight excluding hydrogens is 482 g/mol. The quantitative estimate of drug-likeness (QED) is 0.312. The molecule has 182 valence electrons. The summed E-state index contributed by atoms with van der Waals surface area (Å²) in [6.45, 7) is 6.80. The van der Waals surface area contributed by atoms with Gasteiger partial charge < -0.3 is 9.47 Å². The predicted octanol–water partition coefficient (Wildman–Crippen LogP) is 5.55. The molecule has 0 N–H and O–H groups in total. The molecule has 0 saturated carbocycles. The number of hydrogen-bond acceptors (Lipinski definition) is 6. The minimum absolute atomic E-state index is 0.0570. The molecule has 0 spiro atoms. The van der Waals surface area contributed by atoms with Gasteiger partial charge in [0.2, 0.25) is 0 Å². The summed E-state index contributed by atoms with van der Waals surface area (Å²) in [6, 6.07) is 17.8. The van der Waals surface area contributed by atoms with Gasteiger partial charge in [-0.05, 0) is 47.9 Å². The molecule has 2 heterocycles. The van der Waals surface area contributed by atoms with Crippen molar-refractivity contribution >= 4 is 55.0 Å². The molecule has 0 bridgehead atoms. The van der Waals surface area contributed by atoms with Crippen LogP contribution in [0.2, 0.25) is 5.02 Å². The van der Waals surface area contributed by atoms with Crippen molar-refractivity contribution in [1.29, 1.82) is 0 Å². The van der Waals surface area contributed by atoms with Crippen LogP contribution in [0.15, 0.2) is 54.6 Å². The number of carbonyl (C=O) groups is 1. The molecule has 8 heteroatoms. The Morgan fingerprint density at radius 1 is 1.14 bits per heavy atom. The van der Waals surface area contributed by atoms with Crippen molar-refractivity contribution in [2.45, 2.75) is 13.3 Å². The maximum absolute atomic E-state index is 13.4. The van der Waals surface area contributed by atoms with E-state index >= 15 is 0 Å². The lowest BCUT2D eigenvalue weighted by atomic mass is 10.1. The van der Waals surface area contributed by atoms with Crippen molar-refractivity contribution in [1.82, 2.24) is 9.88 Å². The molecule has 0 atom stereocenters.